The molecule has 0 atom stereocenters. The lowest BCUT2D eigenvalue weighted by Crippen LogP contribution is -2.07. The van der Waals surface area contributed by atoms with Gasteiger partial charge in [-0.3, -0.25) is 4.57 Å². The lowest BCUT2D eigenvalue weighted by molar-refractivity contribution is 0.673. The van der Waals surface area contributed by atoms with E-state index in [9.17, 15) is 5.26 Å². The van der Waals surface area contributed by atoms with Gasteiger partial charge in [-0.1, -0.05) is 103 Å². The van der Waals surface area contributed by atoms with Crippen molar-refractivity contribution in [2.45, 2.75) is 0 Å². The molecular formula is C46H26N6O. The molecule has 7 aromatic carbocycles. The quantitative estimate of drug-likeness (QED) is 0.185. The van der Waals surface area contributed by atoms with Crippen molar-refractivity contribution >= 4 is 65.6 Å². The van der Waals surface area contributed by atoms with Crippen LogP contribution in [0.15, 0.2) is 162 Å². The van der Waals surface area contributed by atoms with E-state index in [1.807, 2.05) is 60.7 Å². The number of para-hydroxylation sites is 4. The highest BCUT2D eigenvalue weighted by Crippen LogP contribution is 2.49. The van der Waals surface area contributed by atoms with Crippen molar-refractivity contribution in [2.24, 2.45) is 0 Å². The Hall–Kier alpha value is -7.56. The monoisotopic (exact) mass is 678 g/mol. The van der Waals surface area contributed by atoms with E-state index in [2.05, 4.69) is 100 Å². The molecule has 53 heavy (non-hydrogen) atoms. The van der Waals surface area contributed by atoms with Crippen molar-refractivity contribution < 1.29 is 4.42 Å². The summed E-state index contributed by atoms with van der Waals surface area (Å²) in [7, 11) is 0. The van der Waals surface area contributed by atoms with Gasteiger partial charge in [0.05, 0.1) is 39.1 Å². The zero-order chi connectivity index (χ0) is 35.0. The summed E-state index contributed by atoms with van der Waals surface area (Å²) in [6, 6.07) is 55.4. The van der Waals surface area contributed by atoms with Gasteiger partial charge in [0, 0.05) is 43.7 Å². The molecular weight excluding hydrogens is 653 g/mol. The van der Waals surface area contributed by atoms with Crippen LogP contribution in [-0.2, 0) is 0 Å². The van der Waals surface area contributed by atoms with Crippen molar-refractivity contribution in [3.8, 4) is 40.5 Å². The SMILES string of the molecule is N#Cc1ccc(-c2nc(-c3ccccc3)nc(-n3c4ccccc4c4c5c6ccccc6oc5c5c6ccccc6n(-c6ccccc6)c5c43)n2)cc1. The highest BCUT2D eigenvalue weighted by atomic mass is 16.3. The molecule has 0 saturated heterocycles. The van der Waals surface area contributed by atoms with E-state index >= 15 is 0 Å². The predicted octanol–water partition coefficient (Wildman–Crippen LogP) is 11.2. The van der Waals surface area contributed by atoms with Gasteiger partial charge in [0.25, 0.3) is 0 Å². The van der Waals surface area contributed by atoms with E-state index in [0.717, 1.165) is 82.4 Å². The molecule has 0 unspecified atom stereocenters. The molecule has 7 heteroatoms. The standard InChI is InChI=1S/C46H26N6O/c47-27-28-23-25-30(26-24-28)45-48-44(29-13-3-1-4-14-29)49-46(50-45)52-36-21-11-7-17-32(36)38-39-34-19-9-12-22-37(34)53-43(39)40-33-18-8-10-20-35(33)51(42(40)41(38)52)31-15-5-2-6-16-31/h1-26H. The summed E-state index contributed by atoms with van der Waals surface area (Å²) in [5, 5.41) is 15.9. The zero-order valence-electron chi connectivity index (χ0n) is 28.1. The first kappa shape index (κ1) is 29.2. The van der Waals surface area contributed by atoms with Crippen molar-refractivity contribution in [1.82, 2.24) is 24.1 Å². The summed E-state index contributed by atoms with van der Waals surface area (Å²) in [6.45, 7) is 0. The topological polar surface area (TPSA) is 85.5 Å². The van der Waals surface area contributed by atoms with E-state index in [-0.39, 0.29) is 0 Å². The van der Waals surface area contributed by atoms with Gasteiger partial charge in [0.1, 0.15) is 11.2 Å². The number of fused-ring (bicyclic) bond motifs is 12. The molecule has 7 nitrogen and oxygen atoms in total. The third-order valence-electron chi connectivity index (χ3n) is 10.2. The van der Waals surface area contributed by atoms with Gasteiger partial charge < -0.3 is 8.98 Å². The Bertz CT molecular complexity index is 3280. The van der Waals surface area contributed by atoms with Crippen molar-refractivity contribution in [2.75, 3.05) is 0 Å². The van der Waals surface area contributed by atoms with Gasteiger partial charge in [0.15, 0.2) is 11.6 Å². The number of nitriles is 1. The molecule has 0 aliphatic rings. The molecule has 0 saturated carbocycles. The molecule has 0 N–H and O–H groups in total. The molecule has 0 bridgehead atoms. The number of hydrogen-bond acceptors (Lipinski definition) is 5. The Labute approximate surface area is 302 Å². The van der Waals surface area contributed by atoms with Crippen LogP contribution in [0.25, 0.3) is 100.0 Å². The molecule has 4 heterocycles. The summed E-state index contributed by atoms with van der Waals surface area (Å²) in [5.74, 6) is 1.55. The Morgan fingerprint density at radius 1 is 0.472 bits per heavy atom. The van der Waals surface area contributed by atoms with Gasteiger partial charge in [-0.05, 0) is 54.6 Å². The average Bonchev–Trinajstić information content (AvgIpc) is 3.89. The third kappa shape index (κ3) is 4.24. The van der Waals surface area contributed by atoms with Gasteiger partial charge in [-0.25, -0.2) is 4.98 Å². The van der Waals surface area contributed by atoms with Crippen LogP contribution in [0.2, 0.25) is 0 Å². The molecule has 0 spiro atoms. The van der Waals surface area contributed by atoms with E-state index < -0.39 is 0 Å². The molecule has 0 aliphatic heterocycles. The Kier molecular flexibility index (Phi) is 6.18. The van der Waals surface area contributed by atoms with E-state index in [1.165, 1.54) is 0 Å². The maximum atomic E-state index is 9.53. The summed E-state index contributed by atoms with van der Waals surface area (Å²) in [6.07, 6.45) is 0. The molecule has 0 amide bonds. The van der Waals surface area contributed by atoms with E-state index in [1.54, 1.807) is 12.1 Å². The molecule has 0 radical (unpaired) electrons. The van der Waals surface area contributed by atoms with Crippen LogP contribution in [0.1, 0.15) is 5.56 Å². The lowest BCUT2D eigenvalue weighted by atomic mass is 10.0. The van der Waals surface area contributed by atoms with Gasteiger partial charge >= 0.3 is 0 Å². The molecule has 246 valence electrons. The second-order valence-electron chi connectivity index (χ2n) is 13.1. The van der Waals surface area contributed by atoms with E-state index in [4.69, 9.17) is 19.4 Å². The fourth-order valence-corrected chi connectivity index (χ4v) is 7.94. The average molecular weight is 679 g/mol. The minimum Gasteiger partial charge on any atom is -0.455 e. The number of benzene rings is 7. The highest BCUT2D eigenvalue weighted by Gasteiger charge is 2.28. The van der Waals surface area contributed by atoms with Crippen LogP contribution in [0.4, 0.5) is 0 Å². The van der Waals surface area contributed by atoms with Crippen molar-refractivity contribution in [3.63, 3.8) is 0 Å². The summed E-state index contributed by atoms with van der Waals surface area (Å²) < 4.78 is 11.4. The summed E-state index contributed by atoms with van der Waals surface area (Å²) in [4.78, 5) is 15.5. The number of aromatic nitrogens is 5. The molecule has 11 aromatic rings. The van der Waals surface area contributed by atoms with Crippen LogP contribution in [-0.4, -0.2) is 24.1 Å². The smallest absolute Gasteiger partial charge is 0.238 e. The van der Waals surface area contributed by atoms with Crippen LogP contribution >= 0.6 is 0 Å². The third-order valence-corrected chi connectivity index (χ3v) is 10.2. The van der Waals surface area contributed by atoms with Gasteiger partial charge in [-0.2, -0.15) is 15.2 Å². The zero-order valence-corrected chi connectivity index (χ0v) is 28.1. The van der Waals surface area contributed by atoms with Crippen LogP contribution in [0, 0.1) is 11.3 Å². The number of hydrogen-bond donors (Lipinski definition) is 0. The predicted molar refractivity (Wildman–Crippen MR) is 211 cm³/mol. The normalized spacial score (nSPS) is 11.8. The van der Waals surface area contributed by atoms with Crippen molar-refractivity contribution in [3.05, 3.63) is 163 Å². The van der Waals surface area contributed by atoms with Gasteiger partial charge in [0.2, 0.25) is 5.95 Å². The van der Waals surface area contributed by atoms with Crippen molar-refractivity contribution in [1.29, 1.82) is 5.26 Å². The first-order valence-electron chi connectivity index (χ1n) is 17.4. The van der Waals surface area contributed by atoms with E-state index in [0.29, 0.717) is 23.2 Å². The molecule has 0 fully saturated rings. The fraction of sp³-hybridized carbons (Fsp3) is 0. The summed E-state index contributed by atoms with van der Waals surface area (Å²) >= 11 is 0. The maximum Gasteiger partial charge on any atom is 0.238 e. The minimum atomic E-state index is 0.489. The Morgan fingerprint density at radius 2 is 1.02 bits per heavy atom. The molecule has 11 rings (SSSR count). The molecule has 0 aliphatic carbocycles. The Balaban J connectivity index is 1.40. The summed E-state index contributed by atoms with van der Waals surface area (Å²) in [5.41, 5.74) is 8.94. The van der Waals surface area contributed by atoms with Crippen LogP contribution in [0.5, 0.6) is 0 Å². The minimum absolute atomic E-state index is 0.489. The van der Waals surface area contributed by atoms with Crippen LogP contribution in [0.3, 0.4) is 0 Å². The largest absolute Gasteiger partial charge is 0.455 e. The Morgan fingerprint density at radius 3 is 1.72 bits per heavy atom. The molecule has 4 aromatic heterocycles. The second-order valence-corrected chi connectivity index (χ2v) is 13.1. The number of nitrogens with zero attached hydrogens (tertiary/aromatic N) is 6. The maximum absolute atomic E-state index is 9.53. The fourth-order valence-electron chi connectivity index (χ4n) is 7.94. The second kappa shape index (κ2) is 11.2. The number of furan rings is 1. The first-order valence-corrected chi connectivity index (χ1v) is 17.4. The van der Waals surface area contributed by atoms with Gasteiger partial charge in [-0.15, -0.1) is 0 Å². The number of rotatable bonds is 4. The lowest BCUT2D eigenvalue weighted by Gasteiger charge is -2.13. The van der Waals surface area contributed by atoms with Crippen LogP contribution < -0.4 is 0 Å². The first-order chi connectivity index (χ1) is 26.3. The highest BCUT2D eigenvalue weighted by molar-refractivity contribution is 6.39.